The molecule has 0 aliphatic heterocycles. The van der Waals surface area contributed by atoms with Gasteiger partial charge in [-0.05, 0) is 41.6 Å². The molecule has 0 aromatic carbocycles. The summed E-state index contributed by atoms with van der Waals surface area (Å²) < 4.78 is 0. The van der Waals surface area contributed by atoms with E-state index in [0.717, 1.165) is 12.8 Å². The first kappa shape index (κ1) is 16.5. The Balaban J connectivity index is 2.93. The second-order valence-corrected chi connectivity index (χ2v) is 7.70. The van der Waals surface area contributed by atoms with Gasteiger partial charge in [-0.2, -0.15) is 0 Å². The monoisotopic (exact) mass is 264 g/mol. The van der Waals surface area contributed by atoms with Crippen LogP contribution in [0.2, 0.25) is 0 Å². The topological polar surface area (TPSA) is 17.1 Å². The first-order chi connectivity index (χ1) is 8.72. The Kier molecular flexibility index (Phi) is 5.41. The molecular formula is C18H32O. The molecule has 1 aliphatic carbocycles. The van der Waals surface area contributed by atoms with Crippen LogP contribution in [0.4, 0.5) is 0 Å². The molecule has 0 saturated carbocycles. The van der Waals surface area contributed by atoms with Crippen molar-refractivity contribution in [2.24, 2.45) is 22.7 Å². The van der Waals surface area contributed by atoms with E-state index in [9.17, 15) is 4.79 Å². The van der Waals surface area contributed by atoms with E-state index in [1.165, 1.54) is 19.3 Å². The van der Waals surface area contributed by atoms with Crippen molar-refractivity contribution in [2.45, 2.75) is 73.6 Å². The van der Waals surface area contributed by atoms with Crippen molar-refractivity contribution in [3.8, 4) is 0 Å². The normalized spacial score (nSPS) is 22.6. The Labute approximate surface area is 119 Å². The molecule has 0 bridgehead atoms. The Morgan fingerprint density at radius 3 is 2.26 bits per heavy atom. The van der Waals surface area contributed by atoms with Gasteiger partial charge in [0.15, 0.2) is 5.78 Å². The number of allylic oxidation sites excluding steroid dienone is 2. The summed E-state index contributed by atoms with van der Waals surface area (Å²) in [6.07, 6.45) is 9.49. The van der Waals surface area contributed by atoms with E-state index in [-0.39, 0.29) is 0 Å². The summed E-state index contributed by atoms with van der Waals surface area (Å²) in [5.41, 5.74) is 0.744. The molecule has 0 radical (unpaired) electrons. The van der Waals surface area contributed by atoms with E-state index >= 15 is 0 Å². The van der Waals surface area contributed by atoms with E-state index < -0.39 is 0 Å². The third kappa shape index (κ3) is 4.47. The maximum Gasteiger partial charge on any atom is 0.155 e. The number of hydrogen-bond donors (Lipinski definition) is 0. The third-order valence-corrected chi connectivity index (χ3v) is 5.41. The summed E-state index contributed by atoms with van der Waals surface area (Å²) in [6, 6.07) is 0. The van der Waals surface area contributed by atoms with E-state index in [2.05, 4.69) is 47.6 Å². The minimum Gasteiger partial charge on any atom is -0.295 e. The van der Waals surface area contributed by atoms with E-state index in [1.54, 1.807) is 0 Å². The second-order valence-electron chi connectivity index (χ2n) is 7.70. The highest BCUT2D eigenvalue weighted by atomic mass is 16.1. The van der Waals surface area contributed by atoms with Crippen molar-refractivity contribution in [2.75, 3.05) is 0 Å². The Morgan fingerprint density at radius 1 is 1.21 bits per heavy atom. The van der Waals surface area contributed by atoms with Crippen LogP contribution in [0.1, 0.15) is 73.6 Å². The van der Waals surface area contributed by atoms with Gasteiger partial charge in [-0.1, -0.05) is 60.5 Å². The number of carbonyl (C=O) groups is 1. The van der Waals surface area contributed by atoms with Crippen molar-refractivity contribution in [3.05, 3.63) is 12.2 Å². The molecule has 0 aromatic rings. The number of hydrogen-bond acceptors (Lipinski definition) is 1. The average Bonchev–Trinajstić information content (AvgIpc) is 2.37. The van der Waals surface area contributed by atoms with Gasteiger partial charge in [-0.3, -0.25) is 4.79 Å². The molecule has 0 amide bonds. The highest BCUT2D eigenvalue weighted by molar-refractivity contribution is 5.90. The summed E-state index contributed by atoms with van der Waals surface area (Å²) in [5.74, 6) is 1.56. The zero-order valence-corrected chi connectivity index (χ0v) is 13.8. The van der Waals surface area contributed by atoms with Crippen LogP contribution in [0.15, 0.2) is 12.2 Å². The molecule has 0 heterocycles. The summed E-state index contributed by atoms with van der Waals surface area (Å²) >= 11 is 0. The Hall–Kier alpha value is -0.590. The van der Waals surface area contributed by atoms with Crippen molar-refractivity contribution in [3.63, 3.8) is 0 Å². The van der Waals surface area contributed by atoms with Gasteiger partial charge >= 0.3 is 0 Å². The smallest absolute Gasteiger partial charge is 0.155 e. The molecule has 1 aliphatic rings. The SMILES string of the molecule is CCC(C)(C)CC(C1C=CC(=O)CC1)C(C)(C)CC. The molecule has 110 valence electrons. The molecule has 0 aromatic heterocycles. The van der Waals surface area contributed by atoms with Crippen molar-refractivity contribution in [1.29, 1.82) is 0 Å². The molecule has 1 heteroatoms. The van der Waals surface area contributed by atoms with Gasteiger partial charge in [-0.15, -0.1) is 0 Å². The van der Waals surface area contributed by atoms with Crippen LogP contribution in [0.3, 0.4) is 0 Å². The molecule has 2 atom stereocenters. The van der Waals surface area contributed by atoms with Crippen LogP contribution >= 0.6 is 0 Å². The molecule has 0 saturated heterocycles. The first-order valence-electron chi connectivity index (χ1n) is 7.93. The van der Waals surface area contributed by atoms with Gasteiger partial charge in [0.05, 0.1) is 0 Å². The van der Waals surface area contributed by atoms with Crippen LogP contribution in [0, 0.1) is 22.7 Å². The van der Waals surface area contributed by atoms with Crippen LogP contribution < -0.4 is 0 Å². The fraction of sp³-hybridized carbons (Fsp3) is 0.833. The lowest BCUT2D eigenvalue weighted by Gasteiger charge is -2.43. The molecular weight excluding hydrogens is 232 g/mol. The van der Waals surface area contributed by atoms with E-state index in [1.807, 2.05) is 6.08 Å². The van der Waals surface area contributed by atoms with Gasteiger partial charge in [0.1, 0.15) is 0 Å². The van der Waals surface area contributed by atoms with E-state index in [4.69, 9.17) is 0 Å². The number of rotatable bonds is 6. The van der Waals surface area contributed by atoms with Crippen LogP contribution in [0.5, 0.6) is 0 Å². The lowest BCUT2D eigenvalue weighted by Crippen LogP contribution is -2.34. The number of carbonyl (C=O) groups excluding carboxylic acids is 1. The maximum atomic E-state index is 11.4. The minimum absolute atomic E-state index is 0.305. The largest absolute Gasteiger partial charge is 0.295 e. The van der Waals surface area contributed by atoms with Gasteiger partial charge in [0.2, 0.25) is 0 Å². The summed E-state index contributed by atoms with van der Waals surface area (Å²) in [6.45, 7) is 14.1. The molecule has 1 nitrogen and oxygen atoms in total. The van der Waals surface area contributed by atoms with Crippen molar-refractivity contribution < 1.29 is 4.79 Å². The Morgan fingerprint density at radius 2 is 1.84 bits per heavy atom. The van der Waals surface area contributed by atoms with Crippen LogP contribution in [0.25, 0.3) is 0 Å². The van der Waals surface area contributed by atoms with Crippen LogP contribution in [-0.4, -0.2) is 5.78 Å². The third-order valence-electron chi connectivity index (χ3n) is 5.41. The zero-order chi connectivity index (χ0) is 14.7. The molecule has 0 spiro atoms. The standard InChI is InChI=1S/C18H32O/c1-7-17(3,4)13-16(18(5,6)8-2)14-9-11-15(19)12-10-14/h9,11,14,16H,7-8,10,12-13H2,1-6H3. The van der Waals surface area contributed by atoms with Crippen molar-refractivity contribution in [1.82, 2.24) is 0 Å². The molecule has 0 N–H and O–H groups in total. The maximum absolute atomic E-state index is 11.4. The van der Waals surface area contributed by atoms with Gasteiger partial charge < -0.3 is 0 Å². The molecule has 0 fully saturated rings. The quantitative estimate of drug-likeness (QED) is 0.627. The fourth-order valence-electron chi connectivity index (χ4n) is 3.06. The lowest BCUT2D eigenvalue weighted by atomic mass is 9.62. The van der Waals surface area contributed by atoms with Gasteiger partial charge in [-0.25, -0.2) is 0 Å². The van der Waals surface area contributed by atoms with Crippen molar-refractivity contribution >= 4 is 5.78 Å². The Bertz CT molecular complexity index is 336. The lowest BCUT2D eigenvalue weighted by molar-refractivity contribution is -0.115. The molecule has 1 rings (SSSR count). The average molecular weight is 264 g/mol. The summed E-state index contributed by atoms with van der Waals surface area (Å²) in [5, 5.41) is 0. The predicted octanol–water partition coefficient (Wildman–Crippen LogP) is 5.40. The van der Waals surface area contributed by atoms with E-state index in [0.29, 0.717) is 28.4 Å². The first-order valence-corrected chi connectivity index (χ1v) is 7.93. The summed E-state index contributed by atoms with van der Waals surface area (Å²) in [7, 11) is 0. The van der Waals surface area contributed by atoms with Gasteiger partial charge in [0.25, 0.3) is 0 Å². The highest BCUT2D eigenvalue weighted by Crippen LogP contribution is 2.46. The predicted molar refractivity (Wildman–Crippen MR) is 83.1 cm³/mol. The fourth-order valence-corrected chi connectivity index (χ4v) is 3.06. The molecule has 2 unspecified atom stereocenters. The molecule has 19 heavy (non-hydrogen) atoms. The summed E-state index contributed by atoms with van der Waals surface area (Å²) in [4.78, 5) is 11.4. The van der Waals surface area contributed by atoms with Gasteiger partial charge in [0, 0.05) is 6.42 Å². The minimum atomic E-state index is 0.305. The number of ketones is 1. The zero-order valence-electron chi connectivity index (χ0n) is 13.8. The highest BCUT2D eigenvalue weighted by Gasteiger charge is 2.37. The second kappa shape index (κ2) is 6.24. The van der Waals surface area contributed by atoms with Crippen LogP contribution in [-0.2, 0) is 4.79 Å².